The Hall–Kier alpha value is -3.33. The third-order valence-corrected chi connectivity index (χ3v) is 4.74. The molecule has 1 atom stereocenters. The van der Waals surface area contributed by atoms with E-state index in [1.165, 1.54) is 23.0 Å². The molecule has 3 aromatic rings. The highest BCUT2D eigenvalue weighted by Gasteiger charge is 2.30. The van der Waals surface area contributed by atoms with Crippen LogP contribution in [0.15, 0.2) is 54.7 Å². The van der Waals surface area contributed by atoms with Crippen LogP contribution in [0.3, 0.4) is 0 Å². The molecule has 1 heterocycles. The number of nitrogens with zero attached hydrogens (tertiary/aromatic N) is 2. The van der Waals surface area contributed by atoms with Crippen molar-refractivity contribution >= 4 is 5.91 Å². The topological polar surface area (TPSA) is 76.4 Å². The number of alkyl halides is 3. The Bertz CT molecular complexity index is 1090. The second-order valence-corrected chi connectivity index (χ2v) is 7.57. The SMILES string of the molecule is Cc1c(C(=O)NCC(O)c2cccc(OC(C)C)c2)cnn1-c1cccc(C(F)(F)F)c1. The number of aliphatic hydroxyl groups is 1. The number of aliphatic hydroxyl groups excluding tert-OH is 1. The highest BCUT2D eigenvalue weighted by molar-refractivity contribution is 5.95. The molecule has 9 heteroatoms. The lowest BCUT2D eigenvalue weighted by atomic mass is 10.1. The number of halogens is 3. The molecule has 0 spiro atoms. The minimum atomic E-state index is -4.48. The van der Waals surface area contributed by atoms with Gasteiger partial charge in [-0.2, -0.15) is 18.3 Å². The molecule has 6 nitrogen and oxygen atoms in total. The molecule has 0 aliphatic heterocycles. The molecule has 0 aliphatic carbocycles. The Labute approximate surface area is 183 Å². The van der Waals surface area contributed by atoms with Gasteiger partial charge in [0.25, 0.3) is 5.91 Å². The Morgan fingerprint density at radius 1 is 1.19 bits per heavy atom. The van der Waals surface area contributed by atoms with E-state index >= 15 is 0 Å². The van der Waals surface area contributed by atoms with Gasteiger partial charge in [-0.1, -0.05) is 18.2 Å². The van der Waals surface area contributed by atoms with Crippen molar-refractivity contribution in [2.24, 2.45) is 0 Å². The van der Waals surface area contributed by atoms with Gasteiger partial charge < -0.3 is 15.2 Å². The molecule has 1 aromatic heterocycles. The number of ether oxygens (including phenoxy) is 1. The Morgan fingerprint density at radius 3 is 2.59 bits per heavy atom. The van der Waals surface area contributed by atoms with Gasteiger partial charge >= 0.3 is 6.18 Å². The van der Waals surface area contributed by atoms with Gasteiger partial charge in [0, 0.05) is 6.54 Å². The number of carbonyl (C=O) groups is 1. The van der Waals surface area contributed by atoms with Crippen LogP contribution in [0.4, 0.5) is 13.2 Å². The van der Waals surface area contributed by atoms with Gasteiger partial charge in [-0.25, -0.2) is 4.68 Å². The van der Waals surface area contributed by atoms with Gasteiger partial charge in [0.1, 0.15) is 5.75 Å². The smallest absolute Gasteiger partial charge is 0.416 e. The monoisotopic (exact) mass is 447 g/mol. The lowest BCUT2D eigenvalue weighted by molar-refractivity contribution is -0.137. The average molecular weight is 447 g/mol. The van der Waals surface area contributed by atoms with Gasteiger partial charge in [-0.3, -0.25) is 4.79 Å². The van der Waals surface area contributed by atoms with E-state index in [0.717, 1.165) is 12.1 Å². The van der Waals surface area contributed by atoms with Crippen molar-refractivity contribution in [1.29, 1.82) is 0 Å². The zero-order valence-electron chi connectivity index (χ0n) is 17.8. The summed E-state index contributed by atoms with van der Waals surface area (Å²) in [7, 11) is 0. The maximum absolute atomic E-state index is 13.0. The van der Waals surface area contributed by atoms with Crippen LogP contribution in [-0.4, -0.2) is 33.4 Å². The number of amides is 1. The van der Waals surface area contributed by atoms with E-state index in [9.17, 15) is 23.1 Å². The first kappa shape index (κ1) is 23.3. The van der Waals surface area contributed by atoms with Crippen LogP contribution in [-0.2, 0) is 6.18 Å². The van der Waals surface area contributed by atoms with Crippen molar-refractivity contribution in [1.82, 2.24) is 15.1 Å². The number of benzene rings is 2. The summed E-state index contributed by atoms with van der Waals surface area (Å²) in [6.45, 7) is 5.32. The van der Waals surface area contributed by atoms with Crippen molar-refractivity contribution in [2.75, 3.05) is 6.54 Å². The van der Waals surface area contributed by atoms with Crippen LogP contribution >= 0.6 is 0 Å². The third-order valence-electron chi connectivity index (χ3n) is 4.74. The Morgan fingerprint density at radius 2 is 1.91 bits per heavy atom. The molecule has 1 amide bonds. The number of aromatic nitrogens is 2. The lowest BCUT2D eigenvalue weighted by Crippen LogP contribution is -2.28. The molecule has 0 saturated carbocycles. The maximum atomic E-state index is 13.0. The fourth-order valence-corrected chi connectivity index (χ4v) is 3.18. The van der Waals surface area contributed by atoms with Crippen molar-refractivity contribution in [3.8, 4) is 11.4 Å². The molecule has 2 N–H and O–H groups in total. The van der Waals surface area contributed by atoms with Gasteiger partial charge in [0.05, 0.1) is 40.9 Å². The predicted octanol–water partition coefficient (Wildman–Crippen LogP) is 4.45. The summed E-state index contributed by atoms with van der Waals surface area (Å²) in [5.74, 6) is 0.121. The van der Waals surface area contributed by atoms with Crippen LogP contribution in [0.5, 0.6) is 5.75 Å². The molecule has 0 fully saturated rings. The number of rotatable bonds is 7. The molecule has 0 aliphatic rings. The van der Waals surface area contributed by atoms with E-state index in [1.807, 2.05) is 13.8 Å². The molecule has 0 radical (unpaired) electrons. The van der Waals surface area contributed by atoms with Gasteiger partial charge in [0.2, 0.25) is 0 Å². The minimum Gasteiger partial charge on any atom is -0.491 e. The van der Waals surface area contributed by atoms with E-state index < -0.39 is 23.8 Å². The highest BCUT2D eigenvalue weighted by atomic mass is 19.4. The van der Waals surface area contributed by atoms with Crippen LogP contribution < -0.4 is 10.1 Å². The van der Waals surface area contributed by atoms with Gasteiger partial charge in [-0.15, -0.1) is 0 Å². The standard InChI is InChI=1S/C23H24F3N3O3/c1-14(2)32-19-9-4-6-16(10-19)21(30)13-27-22(31)20-12-28-29(15(20)3)18-8-5-7-17(11-18)23(24,25)26/h4-12,14,21,30H,13H2,1-3H3,(H,27,31). The van der Waals surface area contributed by atoms with Crippen LogP contribution in [0.25, 0.3) is 5.69 Å². The van der Waals surface area contributed by atoms with Crippen molar-refractivity contribution < 1.29 is 27.8 Å². The minimum absolute atomic E-state index is 0.0153. The van der Waals surface area contributed by atoms with Crippen LogP contribution in [0.1, 0.15) is 47.1 Å². The summed E-state index contributed by atoms with van der Waals surface area (Å²) < 4.78 is 45.9. The van der Waals surface area contributed by atoms with Crippen LogP contribution in [0, 0.1) is 6.92 Å². The third kappa shape index (κ3) is 5.47. The summed E-state index contributed by atoms with van der Waals surface area (Å²) in [4.78, 5) is 12.6. The zero-order valence-corrected chi connectivity index (χ0v) is 17.8. The molecule has 0 bridgehead atoms. The summed E-state index contributed by atoms with van der Waals surface area (Å²) >= 11 is 0. The summed E-state index contributed by atoms with van der Waals surface area (Å²) in [5, 5.41) is 17.1. The van der Waals surface area contributed by atoms with E-state index in [1.54, 1.807) is 31.2 Å². The highest BCUT2D eigenvalue weighted by Crippen LogP contribution is 2.30. The quantitative estimate of drug-likeness (QED) is 0.561. The fraction of sp³-hybridized carbons (Fsp3) is 0.304. The first-order valence-electron chi connectivity index (χ1n) is 10.0. The molecule has 0 saturated heterocycles. The number of nitrogens with one attached hydrogen (secondary N) is 1. The maximum Gasteiger partial charge on any atom is 0.416 e. The molecule has 3 rings (SSSR count). The zero-order chi connectivity index (χ0) is 23.5. The second kappa shape index (κ2) is 9.44. The molecule has 32 heavy (non-hydrogen) atoms. The normalized spacial score (nSPS) is 12.6. The van der Waals surface area contributed by atoms with E-state index in [2.05, 4.69) is 10.4 Å². The number of hydrogen-bond donors (Lipinski definition) is 2. The fourth-order valence-electron chi connectivity index (χ4n) is 3.18. The number of hydrogen-bond acceptors (Lipinski definition) is 4. The Balaban J connectivity index is 1.70. The Kier molecular flexibility index (Phi) is 6.88. The van der Waals surface area contributed by atoms with E-state index in [0.29, 0.717) is 17.0 Å². The van der Waals surface area contributed by atoms with Crippen molar-refractivity contribution in [3.63, 3.8) is 0 Å². The van der Waals surface area contributed by atoms with Crippen molar-refractivity contribution in [3.05, 3.63) is 77.1 Å². The molecular weight excluding hydrogens is 423 g/mol. The van der Waals surface area contributed by atoms with Gasteiger partial charge in [0.15, 0.2) is 0 Å². The average Bonchev–Trinajstić information content (AvgIpc) is 3.12. The molecular formula is C23H24F3N3O3. The second-order valence-electron chi connectivity index (χ2n) is 7.57. The largest absolute Gasteiger partial charge is 0.491 e. The predicted molar refractivity (Wildman–Crippen MR) is 113 cm³/mol. The molecule has 1 unspecified atom stereocenters. The van der Waals surface area contributed by atoms with E-state index in [-0.39, 0.29) is 23.9 Å². The van der Waals surface area contributed by atoms with E-state index in [4.69, 9.17) is 4.74 Å². The first-order valence-corrected chi connectivity index (χ1v) is 10.0. The number of carbonyl (C=O) groups excluding carboxylic acids is 1. The summed E-state index contributed by atoms with van der Waals surface area (Å²) in [6.07, 6.45) is -4.17. The van der Waals surface area contributed by atoms with Gasteiger partial charge in [-0.05, 0) is 56.7 Å². The lowest BCUT2D eigenvalue weighted by Gasteiger charge is -2.15. The molecule has 2 aromatic carbocycles. The summed E-state index contributed by atoms with van der Waals surface area (Å²) in [5.41, 5.74) is 0.552. The van der Waals surface area contributed by atoms with Crippen molar-refractivity contribution in [2.45, 2.75) is 39.2 Å². The van der Waals surface area contributed by atoms with Crippen LogP contribution in [0.2, 0.25) is 0 Å². The summed E-state index contributed by atoms with van der Waals surface area (Å²) in [6, 6.07) is 11.7. The molecule has 170 valence electrons. The first-order chi connectivity index (χ1) is 15.1.